The van der Waals surface area contributed by atoms with Gasteiger partial charge in [0.1, 0.15) is 5.75 Å². The summed E-state index contributed by atoms with van der Waals surface area (Å²) in [5.74, 6) is -1.65. The Hall–Kier alpha value is -2.91. The number of carboxylic acids is 1. The SMILES string of the molecule is O=C(O)CCNC(=O)N1CCN(C(=O)c2ccccc2OC(F)F)CC1. The van der Waals surface area contributed by atoms with E-state index in [1.54, 1.807) is 6.07 Å². The van der Waals surface area contributed by atoms with Crippen LogP contribution in [0.2, 0.25) is 0 Å². The molecule has 1 aliphatic heterocycles. The Morgan fingerprint density at radius 2 is 1.73 bits per heavy atom. The molecule has 0 unspecified atom stereocenters. The van der Waals surface area contributed by atoms with Crippen molar-refractivity contribution in [3.05, 3.63) is 29.8 Å². The number of rotatable bonds is 6. The maximum Gasteiger partial charge on any atom is 0.387 e. The Balaban J connectivity index is 1.90. The number of amides is 3. The van der Waals surface area contributed by atoms with Gasteiger partial charge in [0.2, 0.25) is 0 Å². The first-order valence-electron chi connectivity index (χ1n) is 7.96. The van der Waals surface area contributed by atoms with Crippen LogP contribution in [-0.4, -0.2) is 72.1 Å². The van der Waals surface area contributed by atoms with Gasteiger partial charge in [-0.05, 0) is 12.1 Å². The Morgan fingerprint density at radius 1 is 1.12 bits per heavy atom. The van der Waals surface area contributed by atoms with Gasteiger partial charge in [-0.15, -0.1) is 0 Å². The minimum Gasteiger partial charge on any atom is -0.481 e. The Morgan fingerprint density at radius 3 is 2.35 bits per heavy atom. The van der Waals surface area contributed by atoms with Crippen molar-refractivity contribution in [2.75, 3.05) is 32.7 Å². The average molecular weight is 371 g/mol. The van der Waals surface area contributed by atoms with E-state index in [-0.39, 0.29) is 50.5 Å². The van der Waals surface area contributed by atoms with Crippen LogP contribution in [0.5, 0.6) is 5.75 Å². The summed E-state index contributed by atoms with van der Waals surface area (Å²) >= 11 is 0. The molecule has 0 atom stereocenters. The van der Waals surface area contributed by atoms with Gasteiger partial charge in [-0.3, -0.25) is 9.59 Å². The number of alkyl halides is 2. The largest absolute Gasteiger partial charge is 0.481 e. The third kappa shape index (κ3) is 5.30. The molecule has 1 saturated heterocycles. The van der Waals surface area contributed by atoms with Gasteiger partial charge in [0, 0.05) is 32.7 Å². The number of benzene rings is 1. The highest BCUT2D eigenvalue weighted by Gasteiger charge is 2.26. The fourth-order valence-corrected chi connectivity index (χ4v) is 2.51. The second-order valence-corrected chi connectivity index (χ2v) is 5.53. The van der Waals surface area contributed by atoms with Crippen LogP contribution in [0.3, 0.4) is 0 Å². The number of nitrogens with zero attached hydrogens (tertiary/aromatic N) is 2. The van der Waals surface area contributed by atoms with Gasteiger partial charge < -0.3 is 25.0 Å². The van der Waals surface area contributed by atoms with E-state index in [2.05, 4.69) is 10.1 Å². The first-order valence-corrected chi connectivity index (χ1v) is 7.96. The van der Waals surface area contributed by atoms with Gasteiger partial charge in [0.05, 0.1) is 12.0 Å². The first kappa shape index (κ1) is 19.4. The van der Waals surface area contributed by atoms with Gasteiger partial charge >= 0.3 is 18.6 Å². The van der Waals surface area contributed by atoms with Gasteiger partial charge in [-0.25, -0.2) is 4.79 Å². The van der Waals surface area contributed by atoms with Crippen LogP contribution < -0.4 is 10.1 Å². The van der Waals surface area contributed by atoms with Crippen LogP contribution in [0, 0.1) is 0 Å². The lowest BCUT2D eigenvalue weighted by Gasteiger charge is -2.35. The molecule has 0 spiro atoms. The second-order valence-electron chi connectivity index (χ2n) is 5.53. The standard InChI is InChI=1S/C16H19F2N3O5/c17-15(18)26-12-4-2-1-3-11(12)14(24)20-7-9-21(10-8-20)16(25)19-6-5-13(22)23/h1-4,15H,5-10H2,(H,19,25)(H,22,23). The number of carboxylic acid groups (broad SMARTS) is 1. The zero-order valence-corrected chi connectivity index (χ0v) is 13.9. The van der Waals surface area contributed by atoms with E-state index in [1.807, 2.05) is 0 Å². The minimum absolute atomic E-state index is 0.0195. The monoisotopic (exact) mass is 371 g/mol. The molecule has 0 radical (unpaired) electrons. The van der Waals surface area contributed by atoms with Crippen molar-refractivity contribution in [1.29, 1.82) is 0 Å². The molecule has 0 aromatic heterocycles. The third-order valence-corrected chi connectivity index (χ3v) is 3.80. The molecule has 1 aromatic rings. The highest BCUT2D eigenvalue weighted by molar-refractivity contribution is 5.97. The van der Waals surface area contributed by atoms with Crippen molar-refractivity contribution in [2.24, 2.45) is 0 Å². The number of nitrogens with one attached hydrogen (secondary N) is 1. The first-order chi connectivity index (χ1) is 12.4. The molecule has 0 saturated carbocycles. The number of urea groups is 1. The predicted molar refractivity (Wildman–Crippen MR) is 86.2 cm³/mol. The molecule has 2 N–H and O–H groups in total. The average Bonchev–Trinajstić information content (AvgIpc) is 2.61. The van der Waals surface area contributed by atoms with Gasteiger partial charge in [0.25, 0.3) is 5.91 Å². The summed E-state index contributed by atoms with van der Waals surface area (Å²) in [7, 11) is 0. The van der Waals surface area contributed by atoms with Crippen molar-refractivity contribution < 1.29 is 33.0 Å². The fraction of sp³-hybridized carbons (Fsp3) is 0.438. The summed E-state index contributed by atoms with van der Waals surface area (Å²) in [6.45, 7) is -2.05. The number of piperazine rings is 1. The van der Waals surface area contributed by atoms with Gasteiger partial charge in [-0.1, -0.05) is 12.1 Å². The molecule has 3 amide bonds. The lowest BCUT2D eigenvalue weighted by atomic mass is 10.1. The summed E-state index contributed by atoms with van der Waals surface area (Å²) in [5.41, 5.74) is 0.0344. The van der Waals surface area contributed by atoms with E-state index >= 15 is 0 Å². The molecular weight excluding hydrogens is 352 g/mol. The molecule has 8 nitrogen and oxygen atoms in total. The molecule has 0 aliphatic carbocycles. The van der Waals surface area contributed by atoms with E-state index in [0.717, 1.165) is 0 Å². The molecule has 1 heterocycles. The quantitative estimate of drug-likeness (QED) is 0.784. The number of aliphatic carboxylic acids is 1. The van der Waals surface area contributed by atoms with Crippen LogP contribution in [-0.2, 0) is 4.79 Å². The number of hydrogen-bond donors (Lipinski definition) is 2. The minimum atomic E-state index is -3.03. The summed E-state index contributed by atoms with van der Waals surface area (Å²) in [5, 5.41) is 11.0. The maximum absolute atomic E-state index is 12.5. The number of carbonyl (C=O) groups is 3. The number of halogens is 2. The van der Waals surface area contributed by atoms with Crippen molar-refractivity contribution in [2.45, 2.75) is 13.0 Å². The Bertz CT molecular complexity index is 663. The van der Waals surface area contributed by atoms with Crippen LogP contribution in [0.15, 0.2) is 24.3 Å². The predicted octanol–water partition coefficient (Wildman–Crippen LogP) is 1.23. The van der Waals surface area contributed by atoms with E-state index in [9.17, 15) is 23.2 Å². The van der Waals surface area contributed by atoms with Crippen LogP contribution in [0.4, 0.5) is 13.6 Å². The summed E-state index contributed by atoms with van der Waals surface area (Å²) in [6.07, 6.45) is -0.175. The van der Waals surface area contributed by atoms with Crippen molar-refractivity contribution in [3.63, 3.8) is 0 Å². The highest BCUT2D eigenvalue weighted by atomic mass is 19.3. The molecule has 1 aliphatic rings. The lowest BCUT2D eigenvalue weighted by molar-refractivity contribution is -0.136. The number of hydrogen-bond acceptors (Lipinski definition) is 4. The van der Waals surface area contributed by atoms with Crippen molar-refractivity contribution in [3.8, 4) is 5.75 Å². The molecular formula is C16H19F2N3O5. The van der Waals surface area contributed by atoms with Crippen LogP contribution in [0.25, 0.3) is 0 Å². The maximum atomic E-state index is 12.5. The Kier molecular flexibility index (Phi) is 6.70. The summed E-state index contributed by atoms with van der Waals surface area (Å²) in [4.78, 5) is 37.8. The molecule has 1 fully saturated rings. The van der Waals surface area contributed by atoms with Crippen LogP contribution >= 0.6 is 0 Å². The molecule has 1 aromatic carbocycles. The molecule has 142 valence electrons. The summed E-state index contributed by atoms with van der Waals surface area (Å²) in [6, 6.07) is 5.35. The summed E-state index contributed by atoms with van der Waals surface area (Å²) < 4.78 is 29.3. The van der Waals surface area contributed by atoms with E-state index < -0.39 is 24.5 Å². The fourth-order valence-electron chi connectivity index (χ4n) is 2.51. The highest BCUT2D eigenvalue weighted by Crippen LogP contribution is 2.22. The molecule has 2 rings (SSSR count). The molecule has 10 heteroatoms. The number of para-hydroxylation sites is 1. The lowest BCUT2D eigenvalue weighted by Crippen LogP contribution is -2.53. The topological polar surface area (TPSA) is 99.2 Å². The van der Waals surface area contributed by atoms with E-state index in [0.29, 0.717) is 0 Å². The van der Waals surface area contributed by atoms with Gasteiger partial charge in [0.15, 0.2) is 0 Å². The van der Waals surface area contributed by atoms with Crippen LogP contribution in [0.1, 0.15) is 16.8 Å². The van der Waals surface area contributed by atoms with E-state index in [1.165, 1.54) is 28.0 Å². The zero-order valence-electron chi connectivity index (χ0n) is 13.9. The Labute approximate surface area is 148 Å². The smallest absolute Gasteiger partial charge is 0.387 e. The second kappa shape index (κ2) is 8.97. The zero-order chi connectivity index (χ0) is 19.1. The normalized spacial score (nSPS) is 14.3. The van der Waals surface area contributed by atoms with Crippen molar-refractivity contribution in [1.82, 2.24) is 15.1 Å². The third-order valence-electron chi connectivity index (χ3n) is 3.80. The van der Waals surface area contributed by atoms with E-state index in [4.69, 9.17) is 5.11 Å². The van der Waals surface area contributed by atoms with Gasteiger partial charge in [-0.2, -0.15) is 8.78 Å². The number of carbonyl (C=O) groups excluding carboxylic acids is 2. The van der Waals surface area contributed by atoms with Crippen molar-refractivity contribution >= 4 is 17.9 Å². The number of ether oxygens (including phenoxy) is 1. The molecule has 0 bridgehead atoms. The molecule has 26 heavy (non-hydrogen) atoms.